The molecule has 0 spiro atoms. The number of aromatic nitrogens is 4. The van der Waals surface area contributed by atoms with Crippen molar-refractivity contribution in [2.45, 2.75) is 25.2 Å². The first-order valence-corrected chi connectivity index (χ1v) is 6.89. The summed E-state index contributed by atoms with van der Waals surface area (Å²) in [6.07, 6.45) is 7.63. The minimum Gasteiger partial charge on any atom is -0.326 e. The van der Waals surface area contributed by atoms with Gasteiger partial charge < -0.3 is 4.57 Å². The molecule has 2 rings (SSSR count). The molecule has 0 unspecified atom stereocenters. The van der Waals surface area contributed by atoms with Gasteiger partial charge in [0.15, 0.2) is 5.16 Å². The van der Waals surface area contributed by atoms with Crippen LogP contribution in [0.1, 0.15) is 6.92 Å². The Labute approximate surface area is 107 Å². The van der Waals surface area contributed by atoms with Crippen LogP contribution in [0.3, 0.4) is 0 Å². The maximum Gasteiger partial charge on any atom is 0.167 e. The lowest BCUT2D eigenvalue weighted by atomic mass is 10.7. The second kappa shape index (κ2) is 5.54. The van der Waals surface area contributed by atoms with E-state index in [1.807, 2.05) is 23.3 Å². The quantitative estimate of drug-likeness (QED) is 0.797. The lowest BCUT2D eigenvalue weighted by Crippen LogP contribution is -2.02. The van der Waals surface area contributed by atoms with E-state index in [0.717, 1.165) is 28.5 Å². The predicted octanol–water partition coefficient (Wildman–Crippen LogP) is 2.65. The summed E-state index contributed by atoms with van der Waals surface area (Å²) in [7, 11) is 0. The molecule has 0 aromatic carbocycles. The summed E-state index contributed by atoms with van der Waals surface area (Å²) in [4.78, 5) is 4.31. The van der Waals surface area contributed by atoms with E-state index < -0.39 is 0 Å². The summed E-state index contributed by atoms with van der Waals surface area (Å²) in [5, 5.41) is 5.28. The molecule has 0 aliphatic heterocycles. The fraction of sp³-hybridized carbons (Fsp3) is 0.400. The first kappa shape index (κ1) is 11.7. The van der Waals surface area contributed by atoms with Crippen molar-refractivity contribution in [3.63, 3.8) is 0 Å². The summed E-state index contributed by atoms with van der Waals surface area (Å²) in [6, 6.07) is 0. The van der Waals surface area contributed by atoms with E-state index in [9.17, 15) is 0 Å². The van der Waals surface area contributed by atoms with E-state index in [2.05, 4.69) is 37.5 Å². The van der Waals surface area contributed by atoms with Crippen LogP contribution in [-0.4, -0.2) is 25.1 Å². The topological polar surface area (TPSA) is 35.6 Å². The van der Waals surface area contributed by atoms with Crippen LogP contribution < -0.4 is 0 Å². The predicted molar refractivity (Wildman–Crippen MR) is 68.6 cm³/mol. The Morgan fingerprint density at radius 1 is 1.50 bits per heavy atom. The van der Waals surface area contributed by atoms with E-state index in [-0.39, 0.29) is 0 Å². The Hall–Kier alpha value is -0.750. The van der Waals surface area contributed by atoms with Crippen molar-refractivity contribution < 1.29 is 0 Å². The van der Waals surface area contributed by atoms with Gasteiger partial charge in [-0.2, -0.15) is 5.10 Å². The van der Waals surface area contributed by atoms with E-state index in [0.29, 0.717) is 0 Å². The van der Waals surface area contributed by atoms with Crippen LogP contribution in [0.25, 0.3) is 0 Å². The van der Waals surface area contributed by atoms with Crippen molar-refractivity contribution in [3.8, 4) is 0 Å². The molecule has 16 heavy (non-hydrogen) atoms. The number of halogens is 1. The van der Waals surface area contributed by atoms with Gasteiger partial charge in [-0.05, 0) is 22.9 Å². The number of nitrogens with zero attached hydrogens (tertiary/aromatic N) is 4. The fourth-order valence-corrected chi connectivity index (χ4v) is 2.65. The highest BCUT2D eigenvalue weighted by Gasteiger charge is 2.02. The maximum atomic E-state index is 4.31. The van der Waals surface area contributed by atoms with E-state index >= 15 is 0 Å². The second-order valence-electron chi connectivity index (χ2n) is 3.27. The Balaban J connectivity index is 1.84. The minimum atomic E-state index is 0.896. The van der Waals surface area contributed by atoms with Gasteiger partial charge in [0.25, 0.3) is 0 Å². The Kier molecular flexibility index (Phi) is 4.06. The number of aryl methyl sites for hydroxylation is 2. The van der Waals surface area contributed by atoms with Gasteiger partial charge in [0, 0.05) is 30.9 Å². The molecule has 0 saturated heterocycles. The van der Waals surface area contributed by atoms with Gasteiger partial charge in [-0.1, -0.05) is 11.8 Å². The van der Waals surface area contributed by atoms with Crippen molar-refractivity contribution in [1.29, 1.82) is 0 Å². The zero-order chi connectivity index (χ0) is 11.4. The van der Waals surface area contributed by atoms with Gasteiger partial charge in [0.2, 0.25) is 0 Å². The highest BCUT2D eigenvalue weighted by Crippen LogP contribution is 2.16. The lowest BCUT2D eigenvalue weighted by Gasteiger charge is -2.04. The van der Waals surface area contributed by atoms with Gasteiger partial charge in [-0.25, -0.2) is 4.98 Å². The molecule has 2 aromatic rings. The van der Waals surface area contributed by atoms with E-state index in [4.69, 9.17) is 0 Å². The second-order valence-corrected chi connectivity index (χ2v) is 5.24. The first-order chi connectivity index (χ1) is 7.79. The Morgan fingerprint density at radius 3 is 3.06 bits per heavy atom. The summed E-state index contributed by atoms with van der Waals surface area (Å²) >= 11 is 5.14. The van der Waals surface area contributed by atoms with Crippen LogP contribution >= 0.6 is 27.7 Å². The zero-order valence-corrected chi connectivity index (χ0v) is 11.4. The maximum absolute atomic E-state index is 4.31. The van der Waals surface area contributed by atoms with Gasteiger partial charge in [-0.15, -0.1) is 0 Å². The van der Waals surface area contributed by atoms with Crippen molar-refractivity contribution in [3.05, 3.63) is 29.3 Å². The third kappa shape index (κ3) is 2.89. The molecule has 0 radical (unpaired) electrons. The standard InChI is InChI=1S/C10H13BrN4S/c1-2-14-4-3-12-10(14)16-6-5-15-8-9(11)7-13-15/h3-4,7-8H,2,5-6H2,1H3. The molecule has 2 heterocycles. The highest BCUT2D eigenvalue weighted by molar-refractivity contribution is 9.10. The molecule has 0 aliphatic carbocycles. The highest BCUT2D eigenvalue weighted by atomic mass is 79.9. The summed E-state index contributed by atoms with van der Waals surface area (Å²) in [6.45, 7) is 3.98. The number of thioether (sulfide) groups is 1. The average molecular weight is 301 g/mol. The molecular weight excluding hydrogens is 288 g/mol. The van der Waals surface area contributed by atoms with Crippen LogP contribution in [0.5, 0.6) is 0 Å². The summed E-state index contributed by atoms with van der Waals surface area (Å²) < 4.78 is 5.09. The molecule has 0 N–H and O–H groups in total. The van der Waals surface area contributed by atoms with Crippen molar-refractivity contribution in [2.24, 2.45) is 0 Å². The number of rotatable bonds is 5. The van der Waals surface area contributed by atoms with Crippen LogP contribution in [0.15, 0.2) is 34.4 Å². The van der Waals surface area contributed by atoms with Crippen molar-refractivity contribution >= 4 is 27.7 Å². The molecule has 0 atom stereocenters. The molecule has 4 nitrogen and oxygen atoms in total. The third-order valence-corrected chi connectivity index (χ3v) is 3.57. The Morgan fingerprint density at radius 2 is 2.38 bits per heavy atom. The lowest BCUT2D eigenvalue weighted by molar-refractivity contribution is 0.658. The first-order valence-electron chi connectivity index (χ1n) is 5.11. The van der Waals surface area contributed by atoms with Crippen molar-refractivity contribution in [1.82, 2.24) is 19.3 Å². The SMILES string of the molecule is CCn1ccnc1SCCn1cc(Br)cn1. The van der Waals surface area contributed by atoms with Crippen molar-refractivity contribution in [2.75, 3.05) is 5.75 Å². The fourth-order valence-electron chi connectivity index (χ4n) is 1.37. The zero-order valence-electron chi connectivity index (χ0n) is 9.01. The van der Waals surface area contributed by atoms with Crippen LogP contribution in [0.2, 0.25) is 0 Å². The van der Waals surface area contributed by atoms with Gasteiger partial charge >= 0.3 is 0 Å². The number of imidazole rings is 1. The van der Waals surface area contributed by atoms with Crippen LogP contribution in [0.4, 0.5) is 0 Å². The smallest absolute Gasteiger partial charge is 0.167 e. The monoisotopic (exact) mass is 300 g/mol. The number of hydrogen-bond donors (Lipinski definition) is 0. The largest absolute Gasteiger partial charge is 0.326 e. The normalized spacial score (nSPS) is 10.9. The molecule has 6 heteroatoms. The molecule has 2 aromatic heterocycles. The molecule has 0 fully saturated rings. The van der Waals surface area contributed by atoms with E-state index in [1.54, 1.807) is 18.0 Å². The van der Waals surface area contributed by atoms with Crippen LogP contribution in [-0.2, 0) is 13.1 Å². The minimum absolute atomic E-state index is 0.896. The Bertz CT molecular complexity index is 451. The molecular formula is C10H13BrN4S. The molecule has 0 bridgehead atoms. The third-order valence-electron chi connectivity index (χ3n) is 2.17. The van der Waals surface area contributed by atoms with Crippen LogP contribution in [0, 0.1) is 0 Å². The molecule has 86 valence electrons. The number of hydrogen-bond acceptors (Lipinski definition) is 3. The van der Waals surface area contributed by atoms with Gasteiger partial charge in [0.05, 0.1) is 17.2 Å². The summed E-state index contributed by atoms with van der Waals surface area (Å²) in [5.74, 6) is 0.977. The molecule has 0 aliphatic rings. The molecule has 0 amide bonds. The molecule has 0 saturated carbocycles. The van der Waals surface area contributed by atoms with E-state index in [1.165, 1.54) is 0 Å². The van der Waals surface area contributed by atoms with Gasteiger partial charge in [0.1, 0.15) is 0 Å². The summed E-state index contributed by atoms with van der Waals surface area (Å²) in [5.41, 5.74) is 0. The average Bonchev–Trinajstić information content (AvgIpc) is 2.87. The van der Waals surface area contributed by atoms with Gasteiger partial charge in [-0.3, -0.25) is 4.68 Å².